The number of piperidine rings is 1. The second-order valence-corrected chi connectivity index (χ2v) is 7.69. The van der Waals surface area contributed by atoms with E-state index >= 15 is 0 Å². The van der Waals surface area contributed by atoms with Gasteiger partial charge in [0, 0.05) is 50.8 Å². The fourth-order valence-corrected chi connectivity index (χ4v) is 4.67. The van der Waals surface area contributed by atoms with E-state index in [1.807, 2.05) is 24.9 Å². The molecule has 0 N–H and O–H groups in total. The molecular formula is C16H24N6S. The van der Waals surface area contributed by atoms with Gasteiger partial charge >= 0.3 is 0 Å². The summed E-state index contributed by atoms with van der Waals surface area (Å²) in [5, 5.41) is 5.43. The number of hydrogen-bond donors (Lipinski definition) is 0. The first-order valence-electron chi connectivity index (χ1n) is 8.45. The average Bonchev–Trinajstić information content (AvgIpc) is 2.96. The van der Waals surface area contributed by atoms with Crippen LogP contribution in [0, 0.1) is 6.92 Å². The van der Waals surface area contributed by atoms with Crippen LogP contribution in [0.1, 0.15) is 18.7 Å². The minimum absolute atomic E-state index is 0.750. The molecule has 2 aromatic rings. The normalized spacial score (nSPS) is 21.2. The van der Waals surface area contributed by atoms with Crippen molar-refractivity contribution in [3.63, 3.8) is 0 Å². The van der Waals surface area contributed by atoms with Gasteiger partial charge in [-0.15, -0.1) is 0 Å². The van der Waals surface area contributed by atoms with Crippen molar-refractivity contribution in [2.24, 2.45) is 7.05 Å². The second kappa shape index (κ2) is 6.28. The molecule has 0 bridgehead atoms. The Morgan fingerprint density at radius 2 is 1.83 bits per heavy atom. The van der Waals surface area contributed by atoms with Crippen LogP contribution in [0.4, 0.5) is 5.82 Å². The SMILES string of the molecule is Cc1nc(N2CCC(N3CCSCC3)CC2)c2cnn(C)c2n1. The summed E-state index contributed by atoms with van der Waals surface area (Å²) in [6.45, 7) is 6.64. The van der Waals surface area contributed by atoms with E-state index in [4.69, 9.17) is 4.98 Å². The van der Waals surface area contributed by atoms with E-state index in [0.29, 0.717) is 0 Å². The van der Waals surface area contributed by atoms with Crippen LogP contribution in [0.25, 0.3) is 11.0 Å². The molecule has 2 fully saturated rings. The van der Waals surface area contributed by atoms with Gasteiger partial charge in [-0.25, -0.2) is 9.97 Å². The van der Waals surface area contributed by atoms with Crippen molar-refractivity contribution < 1.29 is 0 Å². The van der Waals surface area contributed by atoms with E-state index in [2.05, 4.69) is 31.6 Å². The predicted octanol–water partition coefficient (Wildman–Crippen LogP) is 1.69. The van der Waals surface area contributed by atoms with Crippen molar-refractivity contribution in [1.29, 1.82) is 0 Å². The molecule has 2 aliphatic heterocycles. The third-order valence-corrected chi connectivity index (χ3v) is 5.95. The van der Waals surface area contributed by atoms with Crippen LogP contribution >= 0.6 is 11.8 Å². The van der Waals surface area contributed by atoms with Gasteiger partial charge in [0.25, 0.3) is 0 Å². The van der Waals surface area contributed by atoms with Crippen molar-refractivity contribution in [1.82, 2.24) is 24.6 Å². The molecule has 23 heavy (non-hydrogen) atoms. The lowest BCUT2D eigenvalue weighted by Gasteiger charge is -2.40. The largest absolute Gasteiger partial charge is 0.356 e. The number of anilines is 1. The van der Waals surface area contributed by atoms with Crippen LogP contribution in [-0.4, -0.2) is 68.4 Å². The standard InChI is InChI=1S/C16H24N6S/c1-12-18-15-14(11-17-20(15)2)16(19-12)22-5-3-13(4-6-22)21-7-9-23-10-8-21/h11,13H,3-10H2,1-2H3. The van der Waals surface area contributed by atoms with Crippen molar-refractivity contribution in [3.05, 3.63) is 12.0 Å². The molecule has 4 rings (SSSR count). The van der Waals surface area contributed by atoms with Crippen molar-refractivity contribution in [3.8, 4) is 0 Å². The first-order valence-corrected chi connectivity index (χ1v) is 9.61. The monoisotopic (exact) mass is 332 g/mol. The minimum atomic E-state index is 0.750. The van der Waals surface area contributed by atoms with Gasteiger partial charge in [-0.05, 0) is 19.8 Å². The van der Waals surface area contributed by atoms with E-state index in [1.165, 1.54) is 37.4 Å². The van der Waals surface area contributed by atoms with E-state index < -0.39 is 0 Å². The molecule has 0 saturated carbocycles. The third kappa shape index (κ3) is 2.92. The molecule has 124 valence electrons. The Bertz CT molecular complexity index is 685. The summed E-state index contributed by atoms with van der Waals surface area (Å²) < 4.78 is 1.84. The Morgan fingerprint density at radius 1 is 1.09 bits per heavy atom. The van der Waals surface area contributed by atoms with Crippen LogP contribution in [0.5, 0.6) is 0 Å². The molecular weight excluding hydrogens is 308 g/mol. The molecule has 0 aliphatic carbocycles. The van der Waals surface area contributed by atoms with Crippen LogP contribution in [0.15, 0.2) is 6.20 Å². The van der Waals surface area contributed by atoms with Crippen LogP contribution in [0.3, 0.4) is 0 Å². The van der Waals surface area contributed by atoms with Crippen LogP contribution < -0.4 is 4.90 Å². The molecule has 0 atom stereocenters. The number of rotatable bonds is 2. The molecule has 0 spiro atoms. The first kappa shape index (κ1) is 15.2. The van der Waals surface area contributed by atoms with E-state index in [-0.39, 0.29) is 0 Å². The zero-order chi connectivity index (χ0) is 15.8. The number of aryl methyl sites for hydroxylation is 2. The van der Waals surface area contributed by atoms with Crippen LogP contribution in [-0.2, 0) is 7.05 Å². The van der Waals surface area contributed by atoms with Gasteiger partial charge < -0.3 is 4.90 Å². The fraction of sp³-hybridized carbons (Fsp3) is 0.688. The molecule has 4 heterocycles. The summed E-state index contributed by atoms with van der Waals surface area (Å²) in [5.41, 5.74) is 0.933. The number of hydrogen-bond acceptors (Lipinski definition) is 6. The first-order chi connectivity index (χ1) is 11.2. The van der Waals surface area contributed by atoms with E-state index in [1.54, 1.807) is 0 Å². The Morgan fingerprint density at radius 3 is 2.57 bits per heavy atom. The zero-order valence-corrected chi connectivity index (χ0v) is 14.7. The van der Waals surface area contributed by atoms with Crippen molar-refractivity contribution in [2.75, 3.05) is 42.6 Å². The number of thioether (sulfide) groups is 1. The van der Waals surface area contributed by atoms with Gasteiger partial charge in [0.1, 0.15) is 11.6 Å². The van der Waals surface area contributed by atoms with Gasteiger partial charge in [-0.3, -0.25) is 9.58 Å². The molecule has 7 heteroatoms. The van der Waals surface area contributed by atoms with Gasteiger partial charge in [-0.2, -0.15) is 16.9 Å². The van der Waals surface area contributed by atoms with Gasteiger partial charge in [-0.1, -0.05) is 0 Å². The molecule has 0 aromatic carbocycles. The zero-order valence-electron chi connectivity index (χ0n) is 13.9. The Kier molecular flexibility index (Phi) is 4.15. The maximum atomic E-state index is 4.72. The highest BCUT2D eigenvalue weighted by atomic mass is 32.2. The lowest BCUT2D eigenvalue weighted by Crippen LogP contribution is -2.48. The Hall–Kier alpha value is -1.34. The summed E-state index contributed by atoms with van der Waals surface area (Å²) in [6, 6.07) is 0.750. The quantitative estimate of drug-likeness (QED) is 0.834. The number of aromatic nitrogens is 4. The maximum Gasteiger partial charge on any atom is 0.163 e. The molecule has 0 unspecified atom stereocenters. The highest BCUT2D eigenvalue weighted by Crippen LogP contribution is 2.28. The molecule has 6 nitrogen and oxygen atoms in total. The lowest BCUT2D eigenvalue weighted by atomic mass is 10.0. The molecule has 2 aliphatic rings. The number of nitrogens with zero attached hydrogens (tertiary/aromatic N) is 6. The smallest absolute Gasteiger partial charge is 0.163 e. The molecule has 2 saturated heterocycles. The highest BCUT2D eigenvalue weighted by molar-refractivity contribution is 7.99. The lowest BCUT2D eigenvalue weighted by molar-refractivity contribution is 0.185. The van der Waals surface area contributed by atoms with E-state index in [0.717, 1.165) is 41.8 Å². The summed E-state index contributed by atoms with van der Waals surface area (Å²) >= 11 is 2.09. The molecule has 2 aromatic heterocycles. The molecule has 0 radical (unpaired) electrons. The number of fused-ring (bicyclic) bond motifs is 1. The Balaban J connectivity index is 1.52. The average molecular weight is 332 g/mol. The Labute approximate surface area is 141 Å². The van der Waals surface area contributed by atoms with Gasteiger partial charge in [0.05, 0.1) is 11.6 Å². The fourth-order valence-electron chi connectivity index (χ4n) is 3.74. The minimum Gasteiger partial charge on any atom is -0.356 e. The topological polar surface area (TPSA) is 50.1 Å². The maximum absolute atomic E-state index is 4.72. The predicted molar refractivity (Wildman–Crippen MR) is 95.2 cm³/mol. The summed E-state index contributed by atoms with van der Waals surface area (Å²) in [5.74, 6) is 4.48. The van der Waals surface area contributed by atoms with Gasteiger partial charge in [0.15, 0.2) is 5.65 Å². The highest BCUT2D eigenvalue weighted by Gasteiger charge is 2.27. The van der Waals surface area contributed by atoms with E-state index in [9.17, 15) is 0 Å². The third-order valence-electron chi connectivity index (χ3n) is 5.01. The van der Waals surface area contributed by atoms with Crippen molar-refractivity contribution in [2.45, 2.75) is 25.8 Å². The molecule has 0 amide bonds. The summed E-state index contributed by atoms with van der Waals surface area (Å²) in [4.78, 5) is 14.4. The summed E-state index contributed by atoms with van der Waals surface area (Å²) in [6.07, 6.45) is 4.36. The summed E-state index contributed by atoms with van der Waals surface area (Å²) in [7, 11) is 1.94. The second-order valence-electron chi connectivity index (χ2n) is 6.47. The van der Waals surface area contributed by atoms with Gasteiger partial charge in [0.2, 0.25) is 0 Å². The van der Waals surface area contributed by atoms with Crippen molar-refractivity contribution >= 4 is 28.6 Å². The van der Waals surface area contributed by atoms with Crippen LogP contribution in [0.2, 0.25) is 0 Å².